The minimum Gasteiger partial charge on any atom is -0.451 e. The zero-order chi connectivity index (χ0) is 16.3. The van der Waals surface area contributed by atoms with E-state index in [0.717, 1.165) is 22.3 Å². The largest absolute Gasteiger partial charge is 0.451 e. The van der Waals surface area contributed by atoms with Gasteiger partial charge in [-0.2, -0.15) is 0 Å². The summed E-state index contributed by atoms with van der Waals surface area (Å²) in [7, 11) is 0. The number of aliphatic hydroxyl groups is 1. The van der Waals surface area contributed by atoms with Gasteiger partial charge in [0, 0.05) is 12.0 Å². The van der Waals surface area contributed by atoms with Gasteiger partial charge in [0.1, 0.15) is 11.5 Å². The molecule has 2 atom stereocenters. The molecular formula is C20H16O4. The number of rotatable bonds is 0. The van der Waals surface area contributed by atoms with Gasteiger partial charge in [0.15, 0.2) is 5.78 Å². The highest BCUT2D eigenvalue weighted by Gasteiger charge is 2.54. The maximum Gasteiger partial charge on any atom is 0.261 e. The molecule has 2 aromatic rings. The van der Waals surface area contributed by atoms with Crippen molar-refractivity contribution in [3.05, 3.63) is 60.2 Å². The lowest BCUT2D eigenvalue weighted by Crippen LogP contribution is -2.57. The molecule has 24 heavy (non-hydrogen) atoms. The molecule has 5 rings (SSSR count). The summed E-state index contributed by atoms with van der Waals surface area (Å²) in [6.45, 7) is 0. The van der Waals surface area contributed by atoms with Crippen LogP contribution in [0.2, 0.25) is 0 Å². The molecule has 0 aromatic heterocycles. The molecule has 0 amide bonds. The topological polar surface area (TPSA) is 55.8 Å². The first-order valence-corrected chi connectivity index (χ1v) is 8.18. The first kappa shape index (κ1) is 13.8. The molecule has 1 heterocycles. The number of hydrogen-bond acceptors (Lipinski definition) is 4. The van der Waals surface area contributed by atoms with E-state index in [-0.39, 0.29) is 5.78 Å². The average molecular weight is 320 g/mol. The van der Waals surface area contributed by atoms with Crippen LogP contribution in [0.25, 0.3) is 10.8 Å². The first-order chi connectivity index (χ1) is 11.7. The average Bonchev–Trinajstić information content (AvgIpc) is 2.58. The van der Waals surface area contributed by atoms with Crippen molar-refractivity contribution in [3.8, 4) is 11.5 Å². The lowest BCUT2D eigenvalue weighted by atomic mass is 9.73. The molecule has 4 heteroatoms. The second-order valence-corrected chi connectivity index (χ2v) is 6.52. The number of carbonyl (C=O) groups is 1. The molecule has 0 fully saturated rings. The molecule has 0 radical (unpaired) electrons. The molecule has 1 N–H and O–H groups in total. The van der Waals surface area contributed by atoms with Gasteiger partial charge >= 0.3 is 0 Å². The van der Waals surface area contributed by atoms with Crippen molar-refractivity contribution in [2.45, 2.75) is 24.7 Å². The van der Waals surface area contributed by atoms with Crippen molar-refractivity contribution >= 4 is 16.6 Å². The molecule has 0 saturated carbocycles. The van der Waals surface area contributed by atoms with Crippen LogP contribution in [0.4, 0.5) is 0 Å². The quantitative estimate of drug-likeness (QED) is 0.810. The predicted octanol–water partition coefficient (Wildman–Crippen LogP) is 3.14. The minimum absolute atomic E-state index is 0.0753. The normalized spacial score (nSPS) is 26.5. The van der Waals surface area contributed by atoms with E-state index in [2.05, 4.69) is 0 Å². The summed E-state index contributed by atoms with van der Waals surface area (Å²) >= 11 is 0. The van der Waals surface area contributed by atoms with E-state index < -0.39 is 17.8 Å². The van der Waals surface area contributed by atoms with E-state index in [1.54, 1.807) is 0 Å². The summed E-state index contributed by atoms with van der Waals surface area (Å²) in [5, 5.41) is 12.5. The van der Waals surface area contributed by atoms with Crippen LogP contribution in [-0.4, -0.2) is 22.8 Å². The van der Waals surface area contributed by atoms with Crippen LogP contribution < -0.4 is 9.47 Å². The number of benzene rings is 2. The van der Waals surface area contributed by atoms with E-state index in [1.165, 1.54) is 12.2 Å². The van der Waals surface area contributed by atoms with Crippen molar-refractivity contribution in [1.29, 1.82) is 0 Å². The lowest BCUT2D eigenvalue weighted by Gasteiger charge is -2.47. The Morgan fingerprint density at radius 2 is 1.79 bits per heavy atom. The maximum absolute atomic E-state index is 12.3. The van der Waals surface area contributed by atoms with Gasteiger partial charge in [0.05, 0.1) is 17.4 Å². The lowest BCUT2D eigenvalue weighted by molar-refractivity contribution is -0.179. The van der Waals surface area contributed by atoms with E-state index in [1.807, 2.05) is 42.5 Å². The number of aliphatic hydroxyl groups excluding tert-OH is 1. The molecule has 0 saturated heterocycles. The third-order valence-corrected chi connectivity index (χ3v) is 5.13. The van der Waals surface area contributed by atoms with Crippen molar-refractivity contribution in [2.24, 2.45) is 5.92 Å². The number of fused-ring (bicyclic) bond motifs is 2. The number of ketones is 1. The van der Waals surface area contributed by atoms with Crippen molar-refractivity contribution in [1.82, 2.24) is 0 Å². The summed E-state index contributed by atoms with van der Waals surface area (Å²) in [4.78, 5) is 12.3. The first-order valence-electron chi connectivity index (χ1n) is 8.18. The van der Waals surface area contributed by atoms with Gasteiger partial charge in [-0.1, -0.05) is 36.4 Å². The predicted molar refractivity (Wildman–Crippen MR) is 88.9 cm³/mol. The second-order valence-electron chi connectivity index (χ2n) is 6.52. The Morgan fingerprint density at radius 1 is 1.08 bits per heavy atom. The maximum atomic E-state index is 12.3. The van der Waals surface area contributed by atoms with Crippen LogP contribution in [0.3, 0.4) is 0 Å². The van der Waals surface area contributed by atoms with Gasteiger partial charge < -0.3 is 14.6 Å². The Kier molecular flexibility index (Phi) is 2.71. The summed E-state index contributed by atoms with van der Waals surface area (Å²) < 4.78 is 12.6. The molecule has 1 aliphatic heterocycles. The van der Waals surface area contributed by atoms with Crippen molar-refractivity contribution < 1.29 is 19.4 Å². The third kappa shape index (κ3) is 1.74. The molecule has 2 aromatic carbocycles. The molecule has 4 nitrogen and oxygen atoms in total. The van der Waals surface area contributed by atoms with Gasteiger partial charge in [-0.3, -0.25) is 4.79 Å². The molecule has 3 aliphatic rings. The monoisotopic (exact) mass is 320 g/mol. The molecule has 2 aliphatic carbocycles. The Balaban J connectivity index is 1.69. The molecule has 0 bridgehead atoms. The highest BCUT2D eigenvalue weighted by molar-refractivity contribution is 6.06. The summed E-state index contributed by atoms with van der Waals surface area (Å²) in [6.07, 6.45) is 5.33. The van der Waals surface area contributed by atoms with E-state index >= 15 is 0 Å². The zero-order valence-electron chi connectivity index (χ0n) is 12.9. The van der Waals surface area contributed by atoms with Crippen molar-refractivity contribution in [3.63, 3.8) is 0 Å². The fourth-order valence-electron chi connectivity index (χ4n) is 4.10. The van der Waals surface area contributed by atoms with E-state index in [9.17, 15) is 9.90 Å². The Bertz CT molecular complexity index is 884. The number of allylic oxidation sites excluding steroid dienone is 2. The van der Waals surface area contributed by atoms with Crippen LogP contribution in [0, 0.1) is 5.92 Å². The van der Waals surface area contributed by atoms with Crippen LogP contribution in [0.1, 0.15) is 12.8 Å². The SMILES string of the molecule is O=C1C=CC(O)C2C1=CCCC21Oc2cccc3cccc(c23)O1. The Hall–Kier alpha value is -2.59. The highest BCUT2D eigenvalue weighted by Crippen LogP contribution is 2.49. The van der Waals surface area contributed by atoms with E-state index in [4.69, 9.17) is 9.47 Å². The van der Waals surface area contributed by atoms with Crippen LogP contribution in [0.15, 0.2) is 60.2 Å². The Morgan fingerprint density at radius 3 is 2.50 bits per heavy atom. The fourth-order valence-corrected chi connectivity index (χ4v) is 4.10. The number of ether oxygens (including phenoxy) is 2. The molecular weight excluding hydrogens is 304 g/mol. The zero-order valence-corrected chi connectivity index (χ0v) is 12.9. The van der Waals surface area contributed by atoms with Gasteiger partial charge in [0.25, 0.3) is 5.79 Å². The molecule has 1 spiro atoms. The summed E-state index contributed by atoms with van der Waals surface area (Å²) in [5.74, 6) is -0.164. The van der Waals surface area contributed by atoms with Gasteiger partial charge in [0.2, 0.25) is 0 Å². The smallest absolute Gasteiger partial charge is 0.261 e. The number of hydrogen-bond donors (Lipinski definition) is 1. The van der Waals surface area contributed by atoms with Crippen LogP contribution in [0.5, 0.6) is 11.5 Å². The van der Waals surface area contributed by atoms with Gasteiger partial charge in [-0.05, 0) is 30.0 Å². The Labute approximate surface area is 139 Å². The van der Waals surface area contributed by atoms with Gasteiger partial charge in [-0.15, -0.1) is 0 Å². The highest BCUT2D eigenvalue weighted by atomic mass is 16.7. The minimum atomic E-state index is -1.05. The third-order valence-electron chi connectivity index (χ3n) is 5.13. The fraction of sp³-hybridized carbons (Fsp3) is 0.250. The standard InChI is InChI=1S/C20H16O4/c21-14-9-10-15(22)19-13(14)6-3-11-20(19)23-16-7-1-4-12-5-2-8-17(24-20)18(12)16/h1-2,4-10,15,19,22H,3,11H2. The summed E-state index contributed by atoms with van der Waals surface area (Å²) in [5.41, 5.74) is 0.586. The second kappa shape index (κ2) is 4.71. The van der Waals surface area contributed by atoms with Crippen molar-refractivity contribution in [2.75, 3.05) is 0 Å². The molecule has 2 unspecified atom stereocenters. The summed E-state index contributed by atoms with van der Waals surface area (Å²) in [6, 6.07) is 11.8. The van der Waals surface area contributed by atoms with Crippen LogP contribution in [-0.2, 0) is 4.79 Å². The van der Waals surface area contributed by atoms with Crippen LogP contribution >= 0.6 is 0 Å². The van der Waals surface area contributed by atoms with E-state index in [0.29, 0.717) is 18.4 Å². The number of carbonyl (C=O) groups excluding carboxylic acids is 1. The van der Waals surface area contributed by atoms with Gasteiger partial charge in [-0.25, -0.2) is 0 Å². The molecule has 120 valence electrons.